The summed E-state index contributed by atoms with van der Waals surface area (Å²) in [6, 6.07) is 0. The van der Waals surface area contributed by atoms with Crippen LogP contribution in [0.3, 0.4) is 0 Å². The SMILES string of the molecule is CCC(=CCSC1CCCC1)C(=O)OC. The molecular formula is C12H20O2S. The lowest BCUT2D eigenvalue weighted by molar-refractivity contribution is -0.136. The lowest BCUT2D eigenvalue weighted by Crippen LogP contribution is -2.04. The Morgan fingerprint density at radius 2 is 2.13 bits per heavy atom. The Balaban J connectivity index is 2.30. The minimum Gasteiger partial charge on any atom is -0.466 e. The van der Waals surface area contributed by atoms with Crippen molar-refractivity contribution < 1.29 is 9.53 Å². The van der Waals surface area contributed by atoms with E-state index in [4.69, 9.17) is 4.74 Å². The fourth-order valence-electron chi connectivity index (χ4n) is 1.84. The average Bonchev–Trinajstić information content (AvgIpc) is 2.76. The maximum Gasteiger partial charge on any atom is 0.333 e. The number of rotatable bonds is 5. The molecule has 0 spiro atoms. The highest BCUT2D eigenvalue weighted by atomic mass is 32.2. The molecule has 86 valence electrons. The summed E-state index contributed by atoms with van der Waals surface area (Å²) in [6.07, 6.45) is 8.22. The van der Waals surface area contributed by atoms with Crippen molar-refractivity contribution in [2.24, 2.45) is 0 Å². The molecule has 0 aromatic heterocycles. The minimum absolute atomic E-state index is 0.176. The summed E-state index contributed by atoms with van der Waals surface area (Å²) in [5.74, 6) is 0.771. The van der Waals surface area contributed by atoms with Gasteiger partial charge in [0, 0.05) is 16.6 Å². The number of ether oxygens (including phenoxy) is 1. The molecule has 1 fully saturated rings. The normalized spacial score (nSPS) is 18.1. The third-order valence-electron chi connectivity index (χ3n) is 2.79. The first-order valence-electron chi connectivity index (χ1n) is 5.66. The van der Waals surface area contributed by atoms with E-state index >= 15 is 0 Å². The van der Waals surface area contributed by atoms with Crippen LogP contribution in [0.25, 0.3) is 0 Å². The maximum absolute atomic E-state index is 11.3. The molecule has 0 amide bonds. The van der Waals surface area contributed by atoms with Gasteiger partial charge in [0.1, 0.15) is 0 Å². The van der Waals surface area contributed by atoms with Gasteiger partial charge in [-0.05, 0) is 19.3 Å². The number of carbonyl (C=O) groups excluding carboxylic acids is 1. The Morgan fingerprint density at radius 3 is 2.67 bits per heavy atom. The molecule has 2 nitrogen and oxygen atoms in total. The van der Waals surface area contributed by atoms with Crippen LogP contribution in [-0.4, -0.2) is 24.1 Å². The van der Waals surface area contributed by atoms with E-state index in [1.54, 1.807) is 0 Å². The molecule has 15 heavy (non-hydrogen) atoms. The lowest BCUT2D eigenvalue weighted by atomic mass is 10.2. The van der Waals surface area contributed by atoms with Gasteiger partial charge in [0.2, 0.25) is 0 Å². The fourth-order valence-corrected chi connectivity index (χ4v) is 3.08. The number of esters is 1. The fraction of sp³-hybridized carbons (Fsp3) is 0.750. The quantitative estimate of drug-likeness (QED) is 0.534. The van der Waals surface area contributed by atoms with Gasteiger partial charge in [-0.3, -0.25) is 0 Å². The summed E-state index contributed by atoms with van der Waals surface area (Å²) in [4.78, 5) is 11.3. The van der Waals surface area contributed by atoms with Crippen LogP contribution in [0.5, 0.6) is 0 Å². The van der Waals surface area contributed by atoms with Crippen LogP contribution in [0.15, 0.2) is 11.6 Å². The maximum atomic E-state index is 11.3. The second kappa shape index (κ2) is 6.94. The van der Waals surface area contributed by atoms with Crippen molar-refractivity contribution in [3.63, 3.8) is 0 Å². The molecule has 1 aliphatic rings. The summed E-state index contributed by atoms with van der Waals surface area (Å²) in [5.41, 5.74) is 0.808. The molecule has 0 bridgehead atoms. The highest BCUT2D eigenvalue weighted by molar-refractivity contribution is 8.00. The van der Waals surface area contributed by atoms with Crippen LogP contribution in [0.4, 0.5) is 0 Å². The zero-order valence-electron chi connectivity index (χ0n) is 9.62. The number of hydrogen-bond acceptors (Lipinski definition) is 3. The lowest BCUT2D eigenvalue weighted by Gasteiger charge is -2.07. The molecule has 0 N–H and O–H groups in total. The number of carbonyl (C=O) groups is 1. The Morgan fingerprint density at radius 1 is 1.47 bits per heavy atom. The van der Waals surface area contributed by atoms with Gasteiger partial charge in [0.05, 0.1) is 7.11 Å². The van der Waals surface area contributed by atoms with Crippen LogP contribution in [-0.2, 0) is 9.53 Å². The van der Waals surface area contributed by atoms with Crippen molar-refractivity contribution in [1.82, 2.24) is 0 Å². The summed E-state index contributed by atoms with van der Waals surface area (Å²) in [5, 5.41) is 0.817. The van der Waals surface area contributed by atoms with E-state index in [9.17, 15) is 4.79 Å². The Hall–Kier alpha value is -0.440. The molecule has 0 atom stereocenters. The highest BCUT2D eigenvalue weighted by Gasteiger charge is 2.14. The van der Waals surface area contributed by atoms with E-state index < -0.39 is 0 Å². The van der Waals surface area contributed by atoms with Crippen molar-refractivity contribution in [3.8, 4) is 0 Å². The minimum atomic E-state index is -0.176. The standard InChI is InChI=1S/C12H20O2S/c1-3-10(12(13)14-2)8-9-15-11-6-4-5-7-11/h8,11H,3-7,9H2,1-2H3. The van der Waals surface area contributed by atoms with E-state index in [0.717, 1.165) is 23.0 Å². The second-order valence-corrected chi connectivity index (χ2v) is 5.15. The largest absolute Gasteiger partial charge is 0.466 e. The first-order chi connectivity index (χ1) is 7.27. The van der Waals surface area contributed by atoms with E-state index in [-0.39, 0.29) is 5.97 Å². The monoisotopic (exact) mass is 228 g/mol. The van der Waals surface area contributed by atoms with E-state index in [1.165, 1.54) is 32.8 Å². The van der Waals surface area contributed by atoms with Gasteiger partial charge in [-0.2, -0.15) is 11.8 Å². The average molecular weight is 228 g/mol. The van der Waals surface area contributed by atoms with Gasteiger partial charge in [-0.25, -0.2) is 4.79 Å². The van der Waals surface area contributed by atoms with E-state index in [2.05, 4.69) is 0 Å². The van der Waals surface area contributed by atoms with Gasteiger partial charge < -0.3 is 4.74 Å². The third kappa shape index (κ3) is 4.29. The zero-order valence-corrected chi connectivity index (χ0v) is 10.4. The molecule has 0 heterocycles. The Bertz CT molecular complexity index is 230. The van der Waals surface area contributed by atoms with Crippen LogP contribution < -0.4 is 0 Å². The summed E-state index contributed by atoms with van der Waals surface area (Å²) >= 11 is 1.97. The zero-order chi connectivity index (χ0) is 11.1. The topological polar surface area (TPSA) is 26.3 Å². The van der Waals surface area contributed by atoms with E-state index in [1.807, 2.05) is 24.8 Å². The molecule has 0 aliphatic heterocycles. The van der Waals surface area contributed by atoms with Crippen LogP contribution in [0.2, 0.25) is 0 Å². The number of thioether (sulfide) groups is 1. The number of methoxy groups -OCH3 is 1. The van der Waals surface area contributed by atoms with Crippen molar-refractivity contribution in [3.05, 3.63) is 11.6 Å². The Kier molecular flexibility index (Phi) is 5.84. The molecular weight excluding hydrogens is 208 g/mol. The molecule has 0 radical (unpaired) electrons. The van der Waals surface area contributed by atoms with Crippen LogP contribution in [0, 0.1) is 0 Å². The molecule has 1 saturated carbocycles. The smallest absolute Gasteiger partial charge is 0.333 e. The first-order valence-corrected chi connectivity index (χ1v) is 6.71. The summed E-state index contributed by atoms with van der Waals surface area (Å²) < 4.78 is 4.71. The molecule has 3 heteroatoms. The van der Waals surface area contributed by atoms with Crippen LogP contribution >= 0.6 is 11.8 Å². The third-order valence-corrected chi connectivity index (χ3v) is 4.09. The van der Waals surface area contributed by atoms with Crippen molar-refractivity contribution >= 4 is 17.7 Å². The molecule has 0 aromatic carbocycles. The summed E-state index contributed by atoms with van der Waals surface area (Å²) in [7, 11) is 1.44. The molecule has 1 rings (SSSR count). The van der Waals surface area contributed by atoms with Gasteiger partial charge in [0.25, 0.3) is 0 Å². The van der Waals surface area contributed by atoms with Crippen molar-refractivity contribution in [1.29, 1.82) is 0 Å². The van der Waals surface area contributed by atoms with Gasteiger partial charge >= 0.3 is 5.97 Å². The van der Waals surface area contributed by atoms with Gasteiger partial charge in [-0.15, -0.1) is 0 Å². The molecule has 0 aromatic rings. The predicted molar refractivity (Wildman–Crippen MR) is 65.1 cm³/mol. The van der Waals surface area contributed by atoms with Crippen LogP contribution in [0.1, 0.15) is 39.0 Å². The molecule has 0 unspecified atom stereocenters. The number of hydrogen-bond donors (Lipinski definition) is 0. The van der Waals surface area contributed by atoms with Gasteiger partial charge in [-0.1, -0.05) is 25.8 Å². The van der Waals surface area contributed by atoms with Crippen molar-refractivity contribution in [2.75, 3.05) is 12.9 Å². The predicted octanol–water partition coefficient (Wildman–Crippen LogP) is 3.17. The van der Waals surface area contributed by atoms with E-state index in [0.29, 0.717) is 0 Å². The first kappa shape index (κ1) is 12.6. The van der Waals surface area contributed by atoms with Gasteiger partial charge in [0.15, 0.2) is 0 Å². The Labute approximate surface area is 96.5 Å². The molecule has 0 saturated heterocycles. The second-order valence-electron chi connectivity index (χ2n) is 3.81. The molecule has 1 aliphatic carbocycles. The van der Waals surface area contributed by atoms with Crippen molar-refractivity contribution in [2.45, 2.75) is 44.3 Å². The summed E-state index contributed by atoms with van der Waals surface area (Å²) in [6.45, 7) is 1.99. The highest BCUT2D eigenvalue weighted by Crippen LogP contribution is 2.29.